The summed E-state index contributed by atoms with van der Waals surface area (Å²) in [6, 6.07) is 0. The van der Waals surface area contributed by atoms with Gasteiger partial charge in [0.2, 0.25) is 0 Å². The predicted octanol–water partition coefficient (Wildman–Crippen LogP) is 4.97. The first-order valence-electron chi connectivity index (χ1n) is 7.29. The van der Waals surface area contributed by atoms with Crippen LogP contribution < -0.4 is 0 Å². The Labute approximate surface area is 119 Å². The molecule has 0 aromatic rings. The molecule has 2 rings (SSSR count). The molecule has 2 aliphatic carbocycles. The number of allylic oxidation sites excluding steroid dienone is 5. The molecule has 2 atom stereocenters. The maximum absolute atomic E-state index is 3.40. The Kier molecular flexibility index (Phi) is 3.67. The van der Waals surface area contributed by atoms with Crippen LogP contribution in [0.15, 0.2) is 35.1 Å². The lowest BCUT2D eigenvalue weighted by molar-refractivity contribution is 0.300. The lowest BCUT2D eigenvalue weighted by atomic mass is 9.71. The average molecular weight is 270 g/mol. The molecule has 0 amide bonds. The Morgan fingerprint density at radius 1 is 1.32 bits per heavy atom. The fourth-order valence-electron chi connectivity index (χ4n) is 3.07. The van der Waals surface area contributed by atoms with Gasteiger partial charge in [-0.15, -0.1) is 0 Å². The van der Waals surface area contributed by atoms with Crippen molar-refractivity contribution in [2.75, 3.05) is 0 Å². The molecule has 0 radical (unpaired) electrons. The van der Waals surface area contributed by atoms with E-state index in [1.165, 1.54) is 17.6 Å². The maximum atomic E-state index is 3.40. The molecule has 1 heteroatoms. The van der Waals surface area contributed by atoms with Crippen molar-refractivity contribution in [3.8, 4) is 11.8 Å². The summed E-state index contributed by atoms with van der Waals surface area (Å²) in [5, 5.41) is 0. The minimum absolute atomic E-state index is 0.304. The zero-order valence-electron chi connectivity index (χ0n) is 13.2. The second-order valence-corrected chi connectivity index (χ2v) is 12.8. The first-order valence-corrected chi connectivity index (χ1v) is 10.9. The van der Waals surface area contributed by atoms with Gasteiger partial charge in [-0.3, -0.25) is 0 Å². The highest BCUT2D eigenvalue weighted by Gasteiger charge is 2.39. The summed E-state index contributed by atoms with van der Waals surface area (Å²) < 4.78 is 0. The summed E-state index contributed by atoms with van der Waals surface area (Å²) >= 11 is 0. The van der Waals surface area contributed by atoms with E-state index in [0.717, 1.165) is 0 Å². The van der Waals surface area contributed by atoms with E-state index in [-0.39, 0.29) is 0 Å². The van der Waals surface area contributed by atoms with Gasteiger partial charge in [-0.05, 0) is 30.8 Å². The van der Waals surface area contributed by atoms with Crippen LogP contribution in [0.25, 0.3) is 0 Å². The van der Waals surface area contributed by atoms with Gasteiger partial charge in [-0.2, -0.15) is 0 Å². The van der Waals surface area contributed by atoms with E-state index in [0.29, 0.717) is 17.3 Å². The second-order valence-electron chi connectivity index (χ2n) is 7.70. The quantitative estimate of drug-likeness (QED) is 0.358. The third-order valence-corrected chi connectivity index (χ3v) is 5.40. The molecule has 0 aromatic carbocycles. The first-order chi connectivity index (χ1) is 8.69. The van der Waals surface area contributed by atoms with Gasteiger partial charge in [-0.25, -0.2) is 0 Å². The molecule has 0 nitrogen and oxygen atoms in total. The van der Waals surface area contributed by atoms with E-state index in [9.17, 15) is 0 Å². The van der Waals surface area contributed by atoms with E-state index in [2.05, 4.69) is 76.2 Å². The van der Waals surface area contributed by atoms with E-state index < -0.39 is 8.07 Å². The second kappa shape index (κ2) is 4.83. The van der Waals surface area contributed by atoms with E-state index in [4.69, 9.17) is 0 Å². The largest absolute Gasteiger partial charge is 0.0868 e. The predicted molar refractivity (Wildman–Crippen MR) is 87.5 cm³/mol. The molecule has 0 saturated carbocycles. The standard InChI is InChI=1S/C18H26Si/c1-14-13-18(2,3)16-11-15(17(14)12-16)9-7-8-10-19(4,5)6/h8,10-11,13,16-17H,12H2,1-6H3/b10-8+/t16-,17+/m1/s1. The van der Waals surface area contributed by atoms with Crippen molar-refractivity contribution in [2.45, 2.75) is 46.8 Å². The topological polar surface area (TPSA) is 0 Å². The third-order valence-electron chi connectivity index (χ3n) is 4.23. The fourth-order valence-corrected chi connectivity index (χ4v) is 3.65. The van der Waals surface area contributed by atoms with Gasteiger partial charge in [0.15, 0.2) is 0 Å². The number of hydrogen-bond acceptors (Lipinski definition) is 0. The van der Waals surface area contributed by atoms with Gasteiger partial charge in [0, 0.05) is 11.5 Å². The van der Waals surface area contributed by atoms with E-state index >= 15 is 0 Å². The molecule has 0 heterocycles. The highest BCUT2D eigenvalue weighted by atomic mass is 28.3. The van der Waals surface area contributed by atoms with Crippen LogP contribution >= 0.6 is 0 Å². The van der Waals surface area contributed by atoms with Crippen LogP contribution in [0.2, 0.25) is 19.6 Å². The van der Waals surface area contributed by atoms with Crippen molar-refractivity contribution in [2.24, 2.45) is 17.3 Å². The van der Waals surface area contributed by atoms with Crippen LogP contribution in [0.3, 0.4) is 0 Å². The van der Waals surface area contributed by atoms with Gasteiger partial charge in [-0.1, -0.05) is 68.8 Å². The van der Waals surface area contributed by atoms with Gasteiger partial charge < -0.3 is 0 Å². The molecule has 0 aliphatic heterocycles. The number of rotatable bonds is 1. The summed E-state index contributed by atoms with van der Waals surface area (Å²) in [5.41, 5.74) is 5.48. The summed E-state index contributed by atoms with van der Waals surface area (Å²) in [5.74, 6) is 7.91. The molecule has 0 aromatic heterocycles. The third kappa shape index (κ3) is 3.31. The molecular weight excluding hydrogens is 244 g/mol. The lowest BCUT2D eigenvalue weighted by Crippen LogP contribution is -2.24. The Balaban J connectivity index is 2.17. The smallest absolute Gasteiger partial charge is 0.0695 e. The molecule has 2 aliphatic rings. The molecule has 0 saturated heterocycles. The van der Waals surface area contributed by atoms with Crippen molar-refractivity contribution in [1.82, 2.24) is 0 Å². The van der Waals surface area contributed by atoms with Crippen LogP contribution in [0, 0.1) is 29.1 Å². The minimum atomic E-state index is -1.11. The number of fused-ring (bicyclic) bond motifs is 2. The summed E-state index contributed by atoms with van der Waals surface area (Å²) in [7, 11) is -1.11. The van der Waals surface area contributed by atoms with Crippen LogP contribution in [-0.2, 0) is 0 Å². The molecule has 2 bridgehead atoms. The fraction of sp³-hybridized carbons (Fsp3) is 0.556. The Morgan fingerprint density at radius 3 is 2.63 bits per heavy atom. The molecule has 19 heavy (non-hydrogen) atoms. The first kappa shape index (κ1) is 14.4. The van der Waals surface area contributed by atoms with E-state index in [1.54, 1.807) is 0 Å². The molecule has 0 spiro atoms. The maximum Gasteiger partial charge on any atom is 0.0695 e. The molecule has 102 valence electrons. The van der Waals surface area contributed by atoms with Crippen molar-refractivity contribution in [3.63, 3.8) is 0 Å². The zero-order valence-corrected chi connectivity index (χ0v) is 14.2. The van der Waals surface area contributed by atoms with Crippen LogP contribution in [-0.4, -0.2) is 8.07 Å². The monoisotopic (exact) mass is 270 g/mol. The zero-order chi connectivity index (χ0) is 14.3. The van der Waals surface area contributed by atoms with Crippen LogP contribution in [0.5, 0.6) is 0 Å². The van der Waals surface area contributed by atoms with E-state index in [1.807, 2.05) is 0 Å². The Bertz CT molecular complexity index is 512. The highest BCUT2D eigenvalue weighted by molar-refractivity contribution is 6.81. The number of hydrogen-bond donors (Lipinski definition) is 0. The minimum Gasteiger partial charge on any atom is -0.0868 e. The molecule has 0 N–H and O–H groups in total. The Hall–Kier alpha value is -1.00. The highest BCUT2D eigenvalue weighted by Crippen LogP contribution is 2.49. The summed E-state index contributed by atoms with van der Waals surface area (Å²) in [4.78, 5) is 0. The normalized spacial score (nSPS) is 28.7. The lowest BCUT2D eigenvalue weighted by Gasteiger charge is -2.33. The molecule has 0 unspecified atom stereocenters. The van der Waals surface area contributed by atoms with Gasteiger partial charge in [0.05, 0.1) is 8.07 Å². The van der Waals surface area contributed by atoms with Crippen LogP contribution in [0.1, 0.15) is 27.2 Å². The van der Waals surface area contributed by atoms with Crippen molar-refractivity contribution < 1.29 is 0 Å². The van der Waals surface area contributed by atoms with Crippen molar-refractivity contribution >= 4 is 8.07 Å². The molecule has 0 fully saturated rings. The van der Waals surface area contributed by atoms with Crippen molar-refractivity contribution in [3.05, 3.63) is 35.1 Å². The van der Waals surface area contributed by atoms with Gasteiger partial charge >= 0.3 is 0 Å². The molecular formula is C18H26Si. The van der Waals surface area contributed by atoms with Gasteiger partial charge in [0.1, 0.15) is 0 Å². The summed E-state index contributed by atoms with van der Waals surface area (Å²) in [6.45, 7) is 14.0. The van der Waals surface area contributed by atoms with Crippen LogP contribution in [0.4, 0.5) is 0 Å². The van der Waals surface area contributed by atoms with Gasteiger partial charge in [0.25, 0.3) is 0 Å². The average Bonchev–Trinajstić information content (AvgIpc) is 2.63. The SMILES string of the molecule is CC1=CC(C)(C)[C@@H]2C=C(C#C/C=C/[Si](C)(C)C)[C@H]1C2. The van der Waals surface area contributed by atoms with Crippen molar-refractivity contribution in [1.29, 1.82) is 0 Å². The summed E-state index contributed by atoms with van der Waals surface area (Å²) in [6.07, 6.45) is 8.21. The Morgan fingerprint density at radius 2 is 2.00 bits per heavy atom.